The zero-order valence-corrected chi connectivity index (χ0v) is 14.6. The van der Waals surface area contributed by atoms with Crippen LogP contribution >= 0.6 is 0 Å². The van der Waals surface area contributed by atoms with Gasteiger partial charge >= 0.3 is 0 Å². The molecule has 0 saturated carbocycles. The van der Waals surface area contributed by atoms with E-state index in [1.807, 2.05) is 0 Å². The van der Waals surface area contributed by atoms with Crippen molar-refractivity contribution in [3.05, 3.63) is 53.1 Å². The molecular weight excluding hydrogens is 368 g/mol. The standard InChI is InChI=1S/C18H16F4N2O3/c1-8(2)17(25)23-9-5-4-6-10(7-9)24-18(26)11-12(19)14(21)16(27-3)15(22)13(11)20/h4-8H,1-3H3,(H,23,25)(H,24,26). The maximum absolute atomic E-state index is 14.0. The molecule has 0 atom stereocenters. The molecule has 144 valence electrons. The summed E-state index contributed by atoms with van der Waals surface area (Å²) in [4.78, 5) is 23.8. The first-order chi connectivity index (χ1) is 12.7. The van der Waals surface area contributed by atoms with Gasteiger partial charge in [-0.1, -0.05) is 19.9 Å². The largest absolute Gasteiger partial charge is 0.491 e. The van der Waals surface area contributed by atoms with Gasteiger partial charge in [-0.3, -0.25) is 9.59 Å². The molecule has 27 heavy (non-hydrogen) atoms. The summed E-state index contributed by atoms with van der Waals surface area (Å²) in [6.07, 6.45) is 0. The number of methoxy groups -OCH3 is 1. The molecule has 2 N–H and O–H groups in total. The molecule has 2 rings (SSSR count). The average Bonchev–Trinajstić information content (AvgIpc) is 2.61. The van der Waals surface area contributed by atoms with Crippen LogP contribution in [0.3, 0.4) is 0 Å². The molecule has 5 nitrogen and oxygen atoms in total. The number of hydrogen-bond acceptors (Lipinski definition) is 3. The number of anilines is 2. The zero-order chi connectivity index (χ0) is 20.3. The number of carbonyl (C=O) groups is 2. The molecule has 9 heteroatoms. The maximum atomic E-state index is 14.0. The van der Waals surface area contributed by atoms with Gasteiger partial charge in [0.1, 0.15) is 5.56 Å². The first-order valence-electron chi connectivity index (χ1n) is 7.79. The van der Waals surface area contributed by atoms with Gasteiger partial charge in [-0.2, -0.15) is 8.78 Å². The second kappa shape index (κ2) is 8.07. The number of ether oxygens (including phenoxy) is 1. The monoisotopic (exact) mass is 384 g/mol. The Morgan fingerprint density at radius 2 is 1.44 bits per heavy atom. The summed E-state index contributed by atoms with van der Waals surface area (Å²) in [5.74, 6) is -10.6. The first-order valence-corrected chi connectivity index (χ1v) is 7.79. The minimum absolute atomic E-state index is 0.0528. The van der Waals surface area contributed by atoms with E-state index in [4.69, 9.17) is 0 Å². The number of halogens is 4. The Kier molecular flexibility index (Phi) is 6.04. The van der Waals surface area contributed by atoms with E-state index in [9.17, 15) is 27.2 Å². The molecule has 0 bridgehead atoms. The number of rotatable bonds is 5. The van der Waals surface area contributed by atoms with Crippen LogP contribution in [0.15, 0.2) is 24.3 Å². The summed E-state index contributed by atoms with van der Waals surface area (Å²) < 4.78 is 59.8. The molecule has 0 spiro atoms. The molecule has 0 aliphatic rings. The number of carbonyl (C=O) groups excluding carboxylic acids is 2. The van der Waals surface area contributed by atoms with Crippen LogP contribution in [-0.4, -0.2) is 18.9 Å². The molecule has 2 aromatic carbocycles. The summed E-state index contributed by atoms with van der Waals surface area (Å²) >= 11 is 0. The molecule has 0 saturated heterocycles. The van der Waals surface area contributed by atoms with E-state index in [2.05, 4.69) is 15.4 Å². The third kappa shape index (κ3) is 4.18. The molecule has 0 radical (unpaired) electrons. The average molecular weight is 384 g/mol. The van der Waals surface area contributed by atoms with Gasteiger partial charge in [0.2, 0.25) is 17.5 Å². The van der Waals surface area contributed by atoms with Crippen LogP contribution in [0.1, 0.15) is 24.2 Å². The van der Waals surface area contributed by atoms with E-state index in [1.165, 1.54) is 24.3 Å². The van der Waals surface area contributed by atoms with Crippen LogP contribution in [0.5, 0.6) is 5.75 Å². The second-order valence-electron chi connectivity index (χ2n) is 5.84. The highest BCUT2D eigenvalue weighted by Gasteiger charge is 2.30. The van der Waals surface area contributed by atoms with Crippen molar-refractivity contribution in [2.75, 3.05) is 17.7 Å². The summed E-state index contributed by atoms with van der Waals surface area (Å²) in [7, 11) is 0.830. The molecule has 0 aromatic heterocycles. The zero-order valence-electron chi connectivity index (χ0n) is 14.6. The van der Waals surface area contributed by atoms with Gasteiger partial charge in [-0.05, 0) is 18.2 Å². The van der Waals surface area contributed by atoms with E-state index >= 15 is 0 Å². The predicted octanol–water partition coefficient (Wildman–Crippen LogP) is 4.10. The lowest BCUT2D eigenvalue weighted by Crippen LogP contribution is -2.20. The van der Waals surface area contributed by atoms with Gasteiger partial charge in [-0.15, -0.1) is 0 Å². The predicted molar refractivity (Wildman–Crippen MR) is 90.7 cm³/mol. The lowest BCUT2D eigenvalue weighted by atomic mass is 10.1. The van der Waals surface area contributed by atoms with E-state index in [0.717, 1.165) is 7.11 Å². The van der Waals surface area contributed by atoms with Crippen molar-refractivity contribution in [3.8, 4) is 5.75 Å². The highest BCUT2D eigenvalue weighted by Crippen LogP contribution is 2.30. The van der Waals surface area contributed by atoms with Crippen molar-refractivity contribution in [3.63, 3.8) is 0 Å². The summed E-state index contributed by atoms with van der Waals surface area (Å²) in [6, 6.07) is 5.69. The van der Waals surface area contributed by atoms with Gasteiger partial charge in [0, 0.05) is 17.3 Å². The Labute approximate surface area is 152 Å². The Balaban J connectivity index is 2.32. The van der Waals surface area contributed by atoms with Crippen molar-refractivity contribution >= 4 is 23.2 Å². The summed E-state index contributed by atoms with van der Waals surface area (Å²) in [5.41, 5.74) is -1.06. The van der Waals surface area contributed by atoms with E-state index in [1.54, 1.807) is 13.8 Å². The quantitative estimate of drug-likeness (QED) is 0.603. The second-order valence-corrected chi connectivity index (χ2v) is 5.84. The van der Waals surface area contributed by atoms with Crippen LogP contribution in [0.2, 0.25) is 0 Å². The van der Waals surface area contributed by atoms with Gasteiger partial charge in [0.15, 0.2) is 17.4 Å². The minimum atomic E-state index is -1.88. The molecule has 2 aromatic rings. The van der Waals surface area contributed by atoms with Crippen molar-refractivity contribution in [1.29, 1.82) is 0 Å². The topological polar surface area (TPSA) is 67.4 Å². The Hall–Kier alpha value is -3.10. The first kappa shape index (κ1) is 20.2. The normalized spacial score (nSPS) is 10.7. The molecule has 0 aliphatic heterocycles. The lowest BCUT2D eigenvalue weighted by Gasteiger charge is -2.12. The Bertz CT molecular complexity index is 871. The van der Waals surface area contributed by atoms with Gasteiger partial charge in [-0.25, -0.2) is 8.78 Å². The Morgan fingerprint density at radius 1 is 0.926 bits per heavy atom. The van der Waals surface area contributed by atoms with Gasteiger partial charge in [0.05, 0.1) is 7.11 Å². The molecule has 0 heterocycles. The van der Waals surface area contributed by atoms with Crippen LogP contribution in [0.4, 0.5) is 28.9 Å². The number of benzene rings is 2. The van der Waals surface area contributed by atoms with Crippen molar-refractivity contribution in [2.24, 2.45) is 5.92 Å². The summed E-state index contributed by atoms with van der Waals surface area (Å²) in [6.45, 7) is 3.36. The van der Waals surface area contributed by atoms with Crippen LogP contribution < -0.4 is 15.4 Å². The van der Waals surface area contributed by atoms with Gasteiger partial charge < -0.3 is 15.4 Å². The van der Waals surface area contributed by atoms with E-state index < -0.39 is 40.5 Å². The van der Waals surface area contributed by atoms with E-state index in [-0.39, 0.29) is 17.5 Å². The minimum Gasteiger partial charge on any atom is -0.491 e. The maximum Gasteiger partial charge on any atom is 0.261 e. The fourth-order valence-corrected chi connectivity index (χ4v) is 2.15. The summed E-state index contributed by atoms with van der Waals surface area (Å²) in [5, 5.41) is 4.71. The fraction of sp³-hybridized carbons (Fsp3) is 0.222. The van der Waals surface area contributed by atoms with Crippen molar-refractivity contribution < 1.29 is 31.9 Å². The molecule has 0 unspecified atom stereocenters. The number of nitrogens with one attached hydrogen (secondary N) is 2. The van der Waals surface area contributed by atoms with E-state index in [0.29, 0.717) is 5.69 Å². The molecular formula is C18H16F4N2O3. The smallest absolute Gasteiger partial charge is 0.261 e. The third-order valence-corrected chi connectivity index (χ3v) is 3.57. The van der Waals surface area contributed by atoms with Crippen molar-refractivity contribution in [2.45, 2.75) is 13.8 Å². The molecule has 2 amide bonds. The van der Waals surface area contributed by atoms with Gasteiger partial charge in [0.25, 0.3) is 5.91 Å². The molecule has 0 fully saturated rings. The lowest BCUT2D eigenvalue weighted by molar-refractivity contribution is -0.118. The van der Waals surface area contributed by atoms with Crippen LogP contribution in [0.25, 0.3) is 0 Å². The number of amides is 2. The molecule has 0 aliphatic carbocycles. The van der Waals surface area contributed by atoms with Crippen LogP contribution in [-0.2, 0) is 4.79 Å². The fourth-order valence-electron chi connectivity index (χ4n) is 2.15. The highest BCUT2D eigenvalue weighted by atomic mass is 19.2. The van der Waals surface area contributed by atoms with Crippen molar-refractivity contribution in [1.82, 2.24) is 0 Å². The number of hydrogen-bond donors (Lipinski definition) is 2. The third-order valence-electron chi connectivity index (χ3n) is 3.57. The SMILES string of the molecule is COc1c(F)c(F)c(C(=O)Nc2cccc(NC(=O)C(C)C)c2)c(F)c1F. The highest BCUT2D eigenvalue weighted by molar-refractivity contribution is 6.05. The Morgan fingerprint density at radius 3 is 1.93 bits per heavy atom. The van der Waals surface area contributed by atoms with Crippen LogP contribution in [0, 0.1) is 29.2 Å².